The number of carbonyl (C=O) groups is 2. The minimum absolute atomic E-state index is 0.112. The zero-order valence-electron chi connectivity index (χ0n) is 18.0. The molecule has 8 heteroatoms. The lowest BCUT2D eigenvalue weighted by atomic mass is 10.1. The fourth-order valence-electron chi connectivity index (χ4n) is 3.08. The Balaban J connectivity index is 1.57. The van der Waals surface area contributed by atoms with Gasteiger partial charge >= 0.3 is 0 Å². The summed E-state index contributed by atoms with van der Waals surface area (Å²) in [6.07, 6.45) is 1.08. The van der Waals surface area contributed by atoms with Crippen molar-refractivity contribution < 1.29 is 9.59 Å². The molecule has 0 unspecified atom stereocenters. The molecule has 0 aliphatic rings. The molecule has 3 rings (SSSR count). The number of thioether (sulfide) groups is 1. The van der Waals surface area contributed by atoms with Crippen LogP contribution in [0.5, 0.6) is 0 Å². The van der Waals surface area contributed by atoms with Crippen LogP contribution in [0.3, 0.4) is 0 Å². The summed E-state index contributed by atoms with van der Waals surface area (Å²) in [5.41, 5.74) is 3.78. The number of aryl methyl sites for hydroxylation is 2. The summed E-state index contributed by atoms with van der Waals surface area (Å²) < 4.78 is 1.87. The Hall–Kier alpha value is -3.13. The fourth-order valence-corrected chi connectivity index (χ4v) is 3.90. The standard InChI is InChI=1S/C23H27N5O2S/c1-4-17-10-12-18(13-11-17)24-22(30)15-31-23-27-26-20(28(23)5-2)14-21(29)25-19-9-7-6-8-16(19)3/h6-13H,4-5,14-15H2,1-3H3,(H,24,30)(H,25,29). The summed E-state index contributed by atoms with van der Waals surface area (Å²) in [7, 11) is 0. The lowest BCUT2D eigenvalue weighted by Crippen LogP contribution is -2.18. The van der Waals surface area contributed by atoms with Crippen molar-refractivity contribution in [3.63, 3.8) is 0 Å². The van der Waals surface area contributed by atoms with E-state index in [1.54, 1.807) is 0 Å². The Labute approximate surface area is 186 Å². The summed E-state index contributed by atoms with van der Waals surface area (Å²) in [5, 5.41) is 14.8. The number of hydrogen-bond donors (Lipinski definition) is 2. The number of hydrogen-bond acceptors (Lipinski definition) is 5. The Morgan fingerprint density at radius 1 is 0.968 bits per heavy atom. The van der Waals surface area contributed by atoms with Gasteiger partial charge in [-0.15, -0.1) is 10.2 Å². The van der Waals surface area contributed by atoms with Gasteiger partial charge in [0, 0.05) is 17.9 Å². The van der Waals surface area contributed by atoms with E-state index in [2.05, 4.69) is 27.8 Å². The van der Waals surface area contributed by atoms with Gasteiger partial charge in [-0.1, -0.05) is 49.0 Å². The van der Waals surface area contributed by atoms with E-state index in [-0.39, 0.29) is 24.0 Å². The summed E-state index contributed by atoms with van der Waals surface area (Å²) in [4.78, 5) is 24.8. The van der Waals surface area contributed by atoms with Gasteiger partial charge in [0.1, 0.15) is 5.82 Å². The van der Waals surface area contributed by atoms with Crippen LogP contribution in [0.25, 0.3) is 0 Å². The fraction of sp³-hybridized carbons (Fsp3) is 0.304. The molecule has 0 aliphatic heterocycles. The topological polar surface area (TPSA) is 88.9 Å². The number of para-hydroxylation sites is 1. The number of rotatable bonds is 9. The molecule has 31 heavy (non-hydrogen) atoms. The van der Waals surface area contributed by atoms with Gasteiger partial charge in [-0.05, 0) is 49.6 Å². The maximum Gasteiger partial charge on any atom is 0.234 e. The molecule has 0 aliphatic carbocycles. The largest absolute Gasteiger partial charge is 0.325 e. The van der Waals surface area contributed by atoms with Crippen molar-refractivity contribution >= 4 is 35.0 Å². The SMILES string of the molecule is CCc1ccc(NC(=O)CSc2nnc(CC(=O)Nc3ccccc3C)n2CC)cc1. The van der Waals surface area contributed by atoms with Crippen molar-refractivity contribution in [2.45, 2.75) is 45.3 Å². The Morgan fingerprint density at radius 3 is 2.39 bits per heavy atom. The van der Waals surface area contributed by atoms with Crippen LogP contribution in [-0.4, -0.2) is 32.3 Å². The number of aromatic nitrogens is 3. The van der Waals surface area contributed by atoms with Crippen LogP contribution in [-0.2, 0) is 29.0 Å². The molecular weight excluding hydrogens is 410 g/mol. The zero-order valence-corrected chi connectivity index (χ0v) is 18.8. The third kappa shape index (κ3) is 6.18. The molecule has 0 saturated carbocycles. The van der Waals surface area contributed by atoms with Gasteiger partial charge in [-0.3, -0.25) is 9.59 Å². The van der Waals surface area contributed by atoms with Gasteiger partial charge in [0.2, 0.25) is 11.8 Å². The average molecular weight is 438 g/mol. The predicted octanol–water partition coefficient (Wildman–Crippen LogP) is 4.08. The number of benzene rings is 2. The molecular formula is C23H27N5O2S. The average Bonchev–Trinajstić information content (AvgIpc) is 3.15. The van der Waals surface area contributed by atoms with Crippen LogP contribution in [0, 0.1) is 6.92 Å². The summed E-state index contributed by atoms with van der Waals surface area (Å²) in [6.45, 7) is 6.62. The minimum atomic E-state index is -0.152. The molecule has 0 radical (unpaired) electrons. The van der Waals surface area contributed by atoms with Crippen molar-refractivity contribution in [3.05, 3.63) is 65.5 Å². The van der Waals surface area contributed by atoms with Gasteiger partial charge in [0.25, 0.3) is 0 Å². The minimum Gasteiger partial charge on any atom is -0.325 e. The van der Waals surface area contributed by atoms with E-state index in [9.17, 15) is 9.59 Å². The second-order valence-corrected chi connectivity index (χ2v) is 8.01. The van der Waals surface area contributed by atoms with E-state index in [0.29, 0.717) is 17.5 Å². The highest BCUT2D eigenvalue weighted by atomic mass is 32.2. The molecule has 0 atom stereocenters. The second-order valence-electron chi connectivity index (χ2n) is 7.07. The third-order valence-corrected chi connectivity index (χ3v) is 5.79. The van der Waals surface area contributed by atoms with Crippen molar-refractivity contribution in [2.75, 3.05) is 16.4 Å². The van der Waals surface area contributed by atoms with Crippen LogP contribution in [0.1, 0.15) is 30.8 Å². The Bertz CT molecular complexity index is 1050. The van der Waals surface area contributed by atoms with Gasteiger partial charge in [-0.25, -0.2) is 0 Å². The number of amides is 2. The Morgan fingerprint density at radius 2 is 1.71 bits per heavy atom. The number of carbonyl (C=O) groups excluding carboxylic acids is 2. The normalized spacial score (nSPS) is 10.7. The zero-order chi connectivity index (χ0) is 22.2. The maximum absolute atomic E-state index is 12.5. The number of nitrogens with one attached hydrogen (secondary N) is 2. The highest BCUT2D eigenvalue weighted by Gasteiger charge is 2.16. The molecule has 2 N–H and O–H groups in total. The van der Waals surface area contributed by atoms with Gasteiger partial charge in [0.05, 0.1) is 12.2 Å². The molecule has 0 fully saturated rings. The molecule has 0 saturated heterocycles. The summed E-state index contributed by atoms with van der Waals surface area (Å²) in [5.74, 6) is 0.523. The highest BCUT2D eigenvalue weighted by Crippen LogP contribution is 2.19. The van der Waals surface area contributed by atoms with Gasteiger partial charge < -0.3 is 15.2 Å². The molecule has 162 valence electrons. The van der Waals surface area contributed by atoms with E-state index in [1.807, 2.05) is 66.9 Å². The third-order valence-electron chi connectivity index (χ3n) is 4.83. The van der Waals surface area contributed by atoms with Crippen molar-refractivity contribution in [1.82, 2.24) is 14.8 Å². The van der Waals surface area contributed by atoms with Crippen LogP contribution in [0.2, 0.25) is 0 Å². The van der Waals surface area contributed by atoms with Gasteiger partial charge in [-0.2, -0.15) is 0 Å². The Kier molecular flexibility index (Phi) is 7.83. The number of nitrogens with zero attached hydrogens (tertiary/aromatic N) is 3. The molecule has 1 aromatic heterocycles. The van der Waals surface area contributed by atoms with Crippen molar-refractivity contribution in [2.24, 2.45) is 0 Å². The molecule has 2 amide bonds. The molecule has 0 spiro atoms. The summed E-state index contributed by atoms with van der Waals surface area (Å²) >= 11 is 1.31. The van der Waals surface area contributed by atoms with Crippen LogP contribution < -0.4 is 10.6 Å². The molecule has 2 aromatic carbocycles. The van der Waals surface area contributed by atoms with Gasteiger partial charge in [0.15, 0.2) is 5.16 Å². The van der Waals surface area contributed by atoms with E-state index in [1.165, 1.54) is 17.3 Å². The smallest absolute Gasteiger partial charge is 0.234 e. The second kappa shape index (κ2) is 10.8. The van der Waals surface area contributed by atoms with E-state index >= 15 is 0 Å². The molecule has 0 bridgehead atoms. The van der Waals surface area contributed by atoms with E-state index < -0.39 is 0 Å². The van der Waals surface area contributed by atoms with Crippen LogP contribution in [0.15, 0.2) is 53.7 Å². The van der Waals surface area contributed by atoms with E-state index in [0.717, 1.165) is 23.4 Å². The lowest BCUT2D eigenvalue weighted by Gasteiger charge is -2.10. The number of anilines is 2. The van der Waals surface area contributed by atoms with Crippen molar-refractivity contribution in [3.8, 4) is 0 Å². The van der Waals surface area contributed by atoms with E-state index in [4.69, 9.17) is 0 Å². The van der Waals surface area contributed by atoms with Crippen molar-refractivity contribution in [1.29, 1.82) is 0 Å². The first-order chi connectivity index (χ1) is 15.0. The predicted molar refractivity (Wildman–Crippen MR) is 124 cm³/mol. The molecule has 1 heterocycles. The quantitative estimate of drug-likeness (QED) is 0.493. The molecule has 7 nitrogen and oxygen atoms in total. The first-order valence-electron chi connectivity index (χ1n) is 10.3. The summed E-state index contributed by atoms with van der Waals surface area (Å²) in [6, 6.07) is 15.4. The lowest BCUT2D eigenvalue weighted by molar-refractivity contribution is -0.116. The maximum atomic E-state index is 12.5. The van der Waals surface area contributed by atoms with Crippen LogP contribution >= 0.6 is 11.8 Å². The monoisotopic (exact) mass is 437 g/mol. The molecule has 3 aromatic rings. The first kappa shape index (κ1) is 22.6. The van der Waals surface area contributed by atoms with Crippen LogP contribution in [0.4, 0.5) is 11.4 Å². The first-order valence-corrected chi connectivity index (χ1v) is 11.3. The highest BCUT2D eigenvalue weighted by molar-refractivity contribution is 7.99.